The fourth-order valence-corrected chi connectivity index (χ4v) is 1.96. The SMILES string of the molecule is CCCCCCCCCCC.OCCCCCCO. The molecular formula is C17H38O2. The van der Waals surface area contributed by atoms with Crippen LogP contribution in [0.5, 0.6) is 0 Å². The molecule has 19 heavy (non-hydrogen) atoms. The van der Waals surface area contributed by atoms with Gasteiger partial charge in [0.05, 0.1) is 0 Å². The summed E-state index contributed by atoms with van der Waals surface area (Å²) in [6, 6.07) is 0. The first kappa shape index (κ1) is 21.2. The van der Waals surface area contributed by atoms with Crippen molar-refractivity contribution in [2.45, 2.75) is 97.3 Å². The molecule has 0 fully saturated rings. The van der Waals surface area contributed by atoms with Crippen LogP contribution in [-0.2, 0) is 0 Å². The highest BCUT2D eigenvalue weighted by atomic mass is 16.3. The highest BCUT2D eigenvalue weighted by Crippen LogP contribution is 2.08. The smallest absolute Gasteiger partial charge is 0.0431 e. The van der Waals surface area contributed by atoms with Crippen LogP contribution < -0.4 is 0 Å². The molecule has 0 aromatic rings. The lowest BCUT2D eigenvalue weighted by Crippen LogP contribution is -1.85. The summed E-state index contributed by atoms with van der Waals surface area (Å²) in [6.45, 7) is 5.12. The van der Waals surface area contributed by atoms with Crippen LogP contribution in [-0.4, -0.2) is 23.4 Å². The van der Waals surface area contributed by atoms with Gasteiger partial charge in [-0.2, -0.15) is 0 Å². The van der Waals surface area contributed by atoms with Crippen molar-refractivity contribution >= 4 is 0 Å². The largest absolute Gasteiger partial charge is 0.396 e. The molecule has 0 aromatic heterocycles. The average Bonchev–Trinajstić information content (AvgIpc) is 2.44. The Labute approximate surface area is 121 Å². The van der Waals surface area contributed by atoms with Crippen LogP contribution in [0.3, 0.4) is 0 Å². The summed E-state index contributed by atoms with van der Waals surface area (Å²) in [5, 5.41) is 16.6. The quantitative estimate of drug-likeness (QED) is 0.460. The van der Waals surface area contributed by atoms with Gasteiger partial charge in [-0.15, -0.1) is 0 Å². The molecule has 118 valence electrons. The van der Waals surface area contributed by atoms with E-state index in [-0.39, 0.29) is 13.2 Å². The van der Waals surface area contributed by atoms with Gasteiger partial charge in [0.25, 0.3) is 0 Å². The van der Waals surface area contributed by atoms with Crippen LogP contribution >= 0.6 is 0 Å². The first-order valence-corrected chi connectivity index (χ1v) is 8.55. The topological polar surface area (TPSA) is 40.5 Å². The second-order valence-electron chi connectivity index (χ2n) is 5.34. The van der Waals surface area contributed by atoms with Gasteiger partial charge in [-0.1, -0.05) is 84.5 Å². The molecule has 0 radical (unpaired) electrons. The molecule has 0 spiro atoms. The maximum atomic E-state index is 8.30. The van der Waals surface area contributed by atoms with Gasteiger partial charge in [-0.3, -0.25) is 0 Å². The van der Waals surface area contributed by atoms with Gasteiger partial charge in [0.1, 0.15) is 0 Å². The van der Waals surface area contributed by atoms with E-state index in [2.05, 4.69) is 13.8 Å². The number of hydrogen-bond donors (Lipinski definition) is 2. The van der Waals surface area contributed by atoms with Crippen LogP contribution in [0.2, 0.25) is 0 Å². The second-order valence-corrected chi connectivity index (χ2v) is 5.34. The molecule has 0 bridgehead atoms. The third-order valence-corrected chi connectivity index (χ3v) is 3.27. The Hall–Kier alpha value is -0.0800. The first-order chi connectivity index (χ1) is 9.33. The Balaban J connectivity index is 0. The summed E-state index contributed by atoms with van der Waals surface area (Å²) in [7, 11) is 0. The summed E-state index contributed by atoms with van der Waals surface area (Å²) in [6.07, 6.45) is 16.8. The van der Waals surface area contributed by atoms with E-state index in [1.165, 1.54) is 57.8 Å². The normalized spacial score (nSPS) is 10.1. The van der Waals surface area contributed by atoms with Gasteiger partial charge in [0, 0.05) is 13.2 Å². The Morgan fingerprint density at radius 1 is 0.421 bits per heavy atom. The number of aliphatic hydroxyl groups excluding tert-OH is 2. The lowest BCUT2D eigenvalue weighted by atomic mass is 10.1. The number of aliphatic hydroxyl groups is 2. The zero-order chi connectivity index (χ0) is 14.6. The summed E-state index contributed by atoms with van der Waals surface area (Å²) in [5.41, 5.74) is 0. The minimum Gasteiger partial charge on any atom is -0.396 e. The highest BCUT2D eigenvalue weighted by molar-refractivity contribution is 4.44. The predicted octanol–water partition coefficient (Wildman–Crippen LogP) is 5.07. The summed E-state index contributed by atoms with van der Waals surface area (Å²) >= 11 is 0. The molecule has 0 aliphatic carbocycles. The van der Waals surface area contributed by atoms with Crippen molar-refractivity contribution in [2.75, 3.05) is 13.2 Å². The van der Waals surface area contributed by atoms with E-state index < -0.39 is 0 Å². The van der Waals surface area contributed by atoms with Crippen LogP contribution in [0, 0.1) is 0 Å². The molecule has 0 aliphatic rings. The maximum absolute atomic E-state index is 8.30. The molecule has 0 unspecified atom stereocenters. The van der Waals surface area contributed by atoms with E-state index in [0.29, 0.717) is 0 Å². The fraction of sp³-hybridized carbons (Fsp3) is 1.00. The lowest BCUT2D eigenvalue weighted by molar-refractivity contribution is 0.265. The molecule has 2 heteroatoms. The van der Waals surface area contributed by atoms with Crippen molar-refractivity contribution < 1.29 is 10.2 Å². The van der Waals surface area contributed by atoms with E-state index in [1.807, 2.05) is 0 Å². The maximum Gasteiger partial charge on any atom is 0.0431 e. The number of rotatable bonds is 13. The van der Waals surface area contributed by atoms with E-state index >= 15 is 0 Å². The van der Waals surface area contributed by atoms with Crippen molar-refractivity contribution in [3.8, 4) is 0 Å². The molecular weight excluding hydrogens is 236 g/mol. The number of unbranched alkanes of at least 4 members (excludes halogenated alkanes) is 11. The first-order valence-electron chi connectivity index (χ1n) is 8.55. The minimum atomic E-state index is 0.283. The van der Waals surface area contributed by atoms with Gasteiger partial charge < -0.3 is 10.2 Å². The molecule has 2 nitrogen and oxygen atoms in total. The Bertz CT molecular complexity index is 112. The van der Waals surface area contributed by atoms with Gasteiger partial charge in [-0.25, -0.2) is 0 Å². The van der Waals surface area contributed by atoms with E-state index in [9.17, 15) is 0 Å². The number of hydrogen-bond acceptors (Lipinski definition) is 2. The van der Waals surface area contributed by atoms with Gasteiger partial charge in [-0.05, 0) is 12.8 Å². The highest BCUT2D eigenvalue weighted by Gasteiger charge is 1.89. The summed E-state index contributed by atoms with van der Waals surface area (Å²) in [5.74, 6) is 0. The predicted molar refractivity (Wildman–Crippen MR) is 85.5 cm³/mol. The Kier molecular flexibility index (Phi) is 25.7. The average molecular weight is 274 g/mol. The van der Waals surface area contributed by atoms with Gasteiger partial charge in [0.15, 0.2) is 0 Å². The second kappa shape index (κ2) is 23.0. The standard InChI is InChI=1S/C11H24.C6H14O2/c1-3-5-7-9-11-10-8-6-4-2;7-5-3-1-2-4-6-8/h3-11H2,1-2H3;7-8H,1-6H2. The molecule has 0 rings (SSSR count). The molecule has 0 aliphatic heterocycles. The molecule has 0 saturated heterocycles. The third-order valence-electron chi connectivity index (χ3n) is 3.27. The van der Waals surface area contributed by atoms with Crippen LogP contribution in [0.15, 0.2) is 0 Å². The summed E-state index contributed by atoms with van der Waals surface area (Å²) < 4.78 is 0. The Morgan fingerprint density at radius 3 is 0.947 bits per heavy atom. The van der Waals surface area contributed by atoms with Crippen LogP contribution in [0.4, 0.5) is 0 Å². The summed E-state index contributed by atoms with van der Waals surface area (Å²) in [4.78, 5) is 0. The van der Waals surface area contributed by atoms with E-state index in [4.69, 9.17) is 10.2 Å². The zero-order valence-corrected chi connectivity index (χ0v) is 13.5. The zero-order valence-electron chi connectivity index (χ0n) is 13.5. The fourth-order valence-electron chi connectivity index (χ4n) is 1.96. The van der Waals surface area contributed by atoms with Gasteiger partial charge in [0.2, 0.25) is 0 Å². The van der Waals surface area contributed by atoms with Crippen molar-refractivity contribution in [1.82, 2.24) is 0 Å². The molecule has 2 N–H and O–H groups in total. The lowest BCUT2D eigenvalue weighted by Gasteiger charge is -1.98. The Morgan fingerprint density at radius 2 is 0.684 bits per heavy atom. The molecule has 0 saturated carbocycles. The molecule has 0 amide bonds. The minimum absolute atomic E-state index is 0.283. The van der Waals surface area contributed by atoms with Crippen molar-refractivity contribution in [2.24, 2.45) is 0 Å². The third kappa shape index (κ3) is 27.2. The van der Waals surface area contributed by atoms with Crippen LogP contribution in [0.1, 0.15) is 97.3 Å². The van der Waals surface area contributed by atoms with E-state index in [1.54, 1.807) is 0 Å². The monoisotopic (exact) mass is 274 g/mol. The van der Waals surface area contributed by atoms with Gasteiger partial charge >= 0.3 is 0 Å². The van der Waals surface area contributed by atoms with Crippen molar-refractivity contribution in [1.29, 1.82) is 0 Å². The molecule has 0 aromatic carbocycles. The van der Waals surface area contributed by atoms with E-state index in [0.717, 1.165) is 25.7 Å². The van der Waals surface area contributed by atoms with Crippen molar-refractivity contribution in [3.63, 3.8) is 0 Å². The molecule has 0 atom stereocenters. The molecule has 0 heterocycles. The van der Waals surface area contributed by atoms with Crippen molar-refractivity contribution in [3.05, 3.63) is 0 Å². The van der Waals surface area contributed by atoms with Crippen LogP contribution in [0.25, 0.3) is 0 Å².